The summed E-state index contributed by atoms with van der Waals surface area (Å²) < 4.78 is 1.59. The molecule has 4 rings (SSSR count). The summed E-state index contributed by atoms with van der Waals surface area (Å²) in [4.78, 5) is 30.3. The predicted octanol–water partition coefficient (Wildman–Crippen LogP) is 5.46. The number of hydrazone groups is 1. The monoisotopic (exact) mass is 438 g/mol. The van der Waals surface area contributed by atoms with E-state index in [0.29, 0.717) is 33.2 Å². The molecule has 1 aliphatic heterocycles. The summed E-state index contributed by atoms with van der Waals surface area (Å²) in [6, 6.07) is 16.7. The molecule has 0 spiro atoms. The fraction of sp³-hybridized carbons (Fsp3) is 0.182. The molecule has 0 aliphatic carbocycles. The Hall–Kier alpha value is -2.90. The van der Waals surface area contributed by atoms with Crippen molar-refractivity contribution in [2.24, 2.45) is 5.10 Å². The highest BCUT2D eigenvalue weighted by Crippen LogP contribution is 2.41. The molecule has 1 aromatic heterocycles. The molecule has 6 nitrogen and oxygen atoms in total. The van der Waals surface area contributed by atoms with E-state index < -0.39 is 0 Å². The van der Waals surface area contributed by atoms with Crippen LogP contribution in [0.4, 0.5) is 5.82 Å². The van der Waals surface area contributed by atoms with Crippen LogP contribution < -0.4 is 5.01 Å². The second-order valence-electron chi connectivity index (χ2n) is 6.59. The van der Waals surface area contributed by atoms with E-state index in [0.717, 1.165) is 11.1 Å². The highest BCUT2D eigenvalue weighted by Gasteiger charge is 2.33. The van der Waals surface area contributed by atoms with Gasteiger partial charge in [0.05, 0.1) is 0 Å². The number of thioether (sulfide) groups is 1. The highest BCUT2D eigenvalue weighted by molar-refractivity contribution is 8.14. The summed E-state index contributed by atoms with van der Waals surface area (Å²) in [5, 5.41) is 7.67. The number of amides is 1. The Morgan fingerprint density at radius 3 is 2.23 bits per heavy atom. The molecule has 8 heteroatoms. The van der Waals surface area contributed by atoms with Crippen LogP contribution in [0.5, 0.6) is 0 Å². The molecular weight excluding hydrogens is 420 g/mol. The van der Waals surface area contributed by atoms with Crippen LogP contribution in [-0.4, -0.2) is 26.4 Å². The zero-order valence-corrected chi connectivity index (χ0v) is 18.1. The molecular formula is C22H19ClN4O2S. The minimum atomic E-state index is -0.198. The molecule has 0 saturated carbocycles. The Bertz CT molecular complexity index is 1140. The smallest absolute Gasteiger partial charge is 0.248 e. The summed E-state index contributed by atoms with van der Waals surface area (Å²) in [6.07, 6.45) is 0.565. The molecule has 3 aromatic rings. The van der Waals surface area contributed by atoms with E-state index >= 15 is 0 Å². The van der Waals surface area contributed by atoms with Gasteiger partial charge in [-0.05, 0) is 23.9 Å². The van der Waals surface area contributed by atoms with Gasteiger partial charge in [0.1, 0.15) is 15.9 Å². The summed E-state index contributed by atoms with van der Waals surface area (Å²) in [7, 11) is 0. The van der Waals surface area contributed by atoms with E-state index in [1.54, 1.807) is 30.5 Å². The normalized spacial score (nSPS) is 13.0. The van der Waals surface area contributed by atoms with Gasteiger partial charge in [-0.1, -0.05) is 67.9 Å². The van der Waals surface area contributed by atoms with Gasteiger partial charge in [-0.3, -0.25) is 14.2 Å². The second-order valence-corrected chi connectivity index (χ2v) is 8.00. The van der Waals surface area contributed by atoms with E-state index in [2.05, 4.69) is 10.1 Å². The molecule has 1 aliphatic rings. The van der Waals surface area contributed by atoms with E-state index in [1.807, 2.05) is 42.5 Å². The first-order chi connectivity index (χ1) is 14.5. The first-order valence-electron chi connectivity index (χ1n) is 9.60. The van der Waals surface area contributed by atoms with Gasteiger partial charge in [0.25, 0.3) is 0 Å². The van der Waals surface area contributed by atoms with Crippen molar-refractivity contribution >= 4 is 46.0 Å². The number of anilines is 1. The van der Waals surface area contributed by atoms with Crippen LogP contribution in [0.2, 0.25) is 5.02 Å². The molecule has 0 radical (unpaired) electrons. The predicted molar refractivity (Wildman–Crippen MR) is 120 cm³/mol. The maximum absolute atomic E-state index is 12.9. The lowest BCUT2D eigenvalue weighted by molar-refractivity contribution is -0.118. The highest BCUT2D eigenvalue weighted by atomic mass is 35.5. The van der Waals surface area contributed by atoms with Crippen LogP contribution in [0.25, 0.3) is 11.4 Å². The van der Waals surface area contributed by atoms with E-state index in [9.17, 15) is 9.59 Å². The Balaban J connectivity index is 1.91. The molecule has 2 heterocycles. The molecule has 0 atom stereocenters. The number of imidazole rings is 1. The number of aromatic nitrogens is 2. The summed E-state index contributed by atoms with van der Waals surface area (Å²) in [5.74, 6) is 0.583. The van der Waals surface area contributed by atoms with Crippen molar-refractivity contribution in [3.63, 3.8) is 0 Å². The molecule has 1 amide bonds. The van der Waals surface area contributed by atoms with Crippen LogP contribution in [0.15, 0.2) is 64.7 Å². The summed E-state index contributed by atoms with van der Waals surface area (Å²) in [6.45, 7) is 3.58. The fourth-order valence-electron chi connectivity index (χ4n) is 3.08. The van der Waals surface area contributed by atoms with E-state index in [4.69, 9.17) is 11.6 Å². The minimum Gasteiger partial charge on any atom is -0.274 e. The minimum absolute atomic E-state index is 0.101. The third-order valence-electron chi connectivity index (χ3n) is 4.62. The van der Waals surface area contributed by atoms with Crippen molar-refractivity contribution in [1.29, 1.82) is 0 Å². The molecule has 0 saturated heterocycles. The van der Waals surface area contributed by atoms with Gasteiger partial charge in [0.15, 0.2) is 5.82 Å². The number of carbonyl (C=O) groups excluding carboxylic acids is 2. The largest absolute Gasteiger partial charge is 0.274 e. The van der Waals surface area contributed by atoms with Crippen molar-refractivity contribution in [2.75, 3.05) is 5.01 Å². The quantitative estimate of drug-likeness (QED) is 0.542. The average molecular weight is 439 g/mol. The Morgan fingerprint density at radius 2 is 1.60 bits per heavy atom. The Kier molecular flexibility index (Phi) is 5.74. The van der Waals surface area contributed by atoms with Crippen molar-refractivity contribution in [3.05, 3.63) is 65.2 Å². The number of nitrogens with zero attached hydrogens (tertiary/aromatic N) is 4. The summed E-state index contributed by atoms with van der Waals surface area (Å²) >= 11 is 7.35. The number of hydrogen-bond donors (Lipinski definition) is 0. The number of halogens is 1. The number of rotatable bonds is 4. The van der Waals surface area contributed by atoms with Crippen LogP contribution in [0.3, 0.4) is 0 Å². The van der Waals surface area contributed by atoms with Gasteiger partial charge in [0.2, 0.25) is 11.8 Å². The van der Waals surface area contributed by atoms with Gasteiger partial charge in [-0.2, -0.15) is 10.1 Å². The number of fused-ring (bicyclic) bond motifs is 1. The van der Waals surface area contributed by atoms with Crippen molar-refractivity contribution in [2.45, 2.75) is 31.7 Å². The Labute approximate surface area is 183 Å². The lowest BCUT2D eigenvalue weighted by Crippen LogP contribution is -2.29. The molecule has 152 valence electrons. The topological polar surface area (TPSA) is 67.6 Å². The first kappa shape index (κ1) is 20.4. The van der Waals surface area contributed by atoms with Gasteiger partial charge in [-0.15, -0.1) is 0 Å². The first-order valence-corrected chi connectivity index (χ1v) is 10.8. The Morgan fingerprint density at radius 1 is 0.933 bits per heavy atom. The molecule has 0 N–H and O–H groups in total. The van der Waals surface area contributed by atoms with E-state index in [-0.39, 0.29) is 18.2 Å². The van der Waals surface area contributed by atoms with Crippen molar-refractivity contribution in [1.82, 2.24) is 9.55 Å². The zero-order valence-electron chi connectivity index (χ0n) is 16.5. The standard InChI is InChI=1S/C22H19ClN4O2S/c1-3-17(28)26-19(14-8-6-5-7-9-14)24-20-22(26)30-21(25-27(20)18(29)4-2)15-10-12-16(23)13-11-15/h5-13H,3-4H2,1-2H3. The van der Waals surface area contributed by atoms with Crippen LogP contribution in [-0.2, 0) is 4.79 Å². The lowest BCUT2D eigenvalue weighted by Gasteiger charge is -2.22. The van der Waals surface area contributed by atoms with Gasteiger partial charge < -0.3 is 0 Å². The van der Waals surface area contributed by atoms with E-state index in [1.165, 1.54) is 16.8 Å². The van der Waals surface area contributed by atoms with Gasteiger partial charge in [0, 0.05) is 29.0 Å². The van der Waals surface area contributed by atoms with Gasteiger partial charge in [-0.25, -0.2) is 4.98 Å². The molecule has 0 fully saturated rings. The number of carbonyl (C=O) groups is 2. The van der Waals surface area contributed by atoms with Crippen LogP contribution >= 0.6 is 23.4 Å². The fourth-order valence-corrected chi connectivity index (χ4v) is 4.27. The lowest BCUT2D eigenvalue weighted by atomic mass is 10.2. The second kappa shape index (κ2) is 8.45. The molecule has 0 bridgehead atoms. The summed E-state index contributed by atoms with van der Waals surface area (Å²) in [5.41, 5.74) is 1.60. The third-order valence-corrected chi connectivity index (χ3v) is 5.94. The third kappa shape index (κ3) is 3.66. The van der Waals surface area contributed by atoms with Gasteiger partial charge >= 0.3 is 0 Å². The number of benzene rings is 2. The van der Waals surface area contributed by atoms with Crippen LogP contribution in [0, 0.1) is 0 Å². The molecule has 2 aromatic carbocycles. The molecule has 0 unspecified atom stereocenters. The SMILES string of the molecule is CCC(=O)N1N=C(c2ccc(Cl)cc2)Sc2c1nc(-c1ccccc1)n2C(=O)CC. The van der Waals surface area contributed by atoms with Crippen molar-refractivity contribution < 1.29 is 9.59 Å². The number of hydrogen-bond acceptors (Lipinski definition) is 5. The maximum Gasteiger partial charge on any atom is 0.248 e. The van der Waals surface area contributed by atoms with Crippen LogP contribution in [0.1, 0.15) is 37.0 Å². The maximum atomic E-state index is 12.9. The molecule has 30 heavy (non-hydrogen) atoms. The average Bonchev–Trinajstić information content (AvgIpc) is 3.18. The van der Waals surface area contributed by atoms with Crippen molar-refractivity contribution in [3.8, 4) is 11.4 Å². The zero-order chi connectivity index (χ0) is 21.3.